The molecule has 9 heteroatoms. The number of likely N-dealkylation sites (N-methyl/N-ethyl adjacent to an activating group) is 1. The summed E-state index contributed by atoms with van der Waals surface area (Å²) >= 11 is 0. The van der Waals surface area contributed by atoms with Crippen molar-refractivity contribution in [3.05, 3.63) is 126 Å². The van der Waals surface area contributed by atoms with E-state index in [1.54, 1.807) is 42.5 Å². The Balaban J connectivity index is 1.77. The van der Waals surface area contributed by atoms with Crippen LogP contribution in [0.4, 0.5) is 5.69 Å². The summed E-state index contributed by atoms with van der Waals surface area (Å²) in [5.74, 6) is -0.305. The molecule has 4 aromatic carbocycles. The van der Waals surface area contributed by atoms with Crippen molar-refractivity contribution in [3.8, 4) is 5.75 Å². The molecule has 0 fully saturated rings. The molecule has 4 aromatic rings. The number of nitrogens with one attached hydrogen (secondary N) is 1. The standard InChI is InChI=1S/C34H37N3O5S/c1-4-35-34(39)32(23-27-11-7-5-8-12-27)36(24-28-17-15-26(2)16-18-28)33(38)25-37(29-13-9-6-10-14-29)43(40,41)31-21-19-30(42-3)20-22-31/h5-22,32H,4,23-25H2,1-3H3,(H,35,39)/t32-/m1/s1. The van der Waals surface area contributed by atoms with E-state index in [4.69, 9.17) is 4.74 Å². The molecule has 0 aromatic heterocycles. The van der Waals surface area contributed by atoms with E-state index in [1.165, 1.54) is 24.1 Å². The van der Waals surface area contributed by atoms with Gasteiger partial charge in [0.15, 0.2) is 0 Å². The van der Waals surface area contributed by atoms with E-state index >= 15 is 0 Å². The lowest BCUT2D eigenvalue weighted by Gasteiger charge is -2.33. The SMILES string of the molecule is CCNC(=O)[C@@H](Cc1ccccc1)N(Cc1ccc(C)cc1)C(=O)CN(c1ccccc1)S(=O)(=O)c1ccc(OC)cc1. The summed E-state index contributed by atoms with van der Waals surface area (Å²) in [6, 6.07) is 30.8. The third kappa shape index (κ3) is 8.02. The summed E-state index contributed by atoms with van der Waals surface area (Å²) in [5, 5.41) is 2.87. The molecule has 4 rings (SSSR count). The zero-order chi connectivity index (χ0) is 30.8. The molecule has 0 heterocycles. The van der Waals surface area contributed by atoms with Crippen LogP contribution in [-0.4, -0.2) is 51.4 Å². The van der Waals surface area contributed by atoms with Gasteiger partial charge in [-0.3, -0.25) is 13.9 Å². The number of nitrogens with zero attached hydrogens (tertiary/aromatic N) is 2. The molecule has 1 atom stereocenters. The van der Waals surface area contributed by atoms with Gasteiger partial charge in [-0.25, -0.2) is 8.42 Å². The number of hydrogen-bond acceptors (Lipinski definition) is 5. The highest BCUT2D eigenvalue weighted by molar-refractivity contribution is 7.92. The molecule has 224 valence electrons. The highest BCUT2D eigenvalue weighted by atomic mass is 32.2. The van der Waals surface area contributed by atoms with Crippen LogP contribution in [0.15, 0.2) is 114 Å². The van der Waals surface area contributed by atoms with Gasteiger partial charge in [-0.05, 0) is 61.4 Å². The molecule has 0 unspecified atom stereocenters. The van der Waals surface area contributed by atoms with E-state index < -0.39 is 28.5 Å². The molecule has 0 spiro atoms. The summed E-state index contributed by atoms with van der Waals surface area (Å²) in [6.45, 7) is 3.80. The van der Waals surface area contributed by atoms with Crippen molar-refractivity contribution in [2.45, 2.75) is 37.8 Å². The Labute approximate surface area is 254 Å². The number of hydrogen-bond donors (Lipinski definition) is 1. The van der Waals surface area contributed by atoms with Crippen LogP contribution in [0.3, 0.4) is 0 Å². The number of benzene rings is 4. The maximum atomic E-state index is 14.3. The van der Waals surface area contributed by atoms with Gasteiger partial charge < -0.3 is 15.0 Å². The monoisotopic (exact) mass is 599 g/mol. The van der Waals surface area contributed by atoms with Crippen molar-refractivity contribution in [2.75, 3.05) is 24.5 Å². The molecule has 0 bridgehead atoms. The van der Waals surface area contributed by atoms with Gasteiger partial charge in [0.1, 0.15) is 18.3 Å². The first kappa shape index (κ1) is 31.3. The van der Waals surface area contributed by atoms with Gasteiger partial charge in [0.2, 0.25) is 11.8 Å². The van der Waals surface area contributed by atoms with E-state index in [-0.39, 0.29) is 23.8 Å². The first-order valence-corrected chi connectivity index (χ1v) is 15.6. The van der Waals surface area contributed by atoms with Gasteiger partial charge in [0.25, 0.3) is 10.0 Å². The fourth-order valence-electron chi connectivity index (χ4n) is 4.73. The van der Waals surface area contributed by atoms with Gasteiger partial charge >= 0.3 is 0 Å². The third-order valence-corrected chi connectivity index (χ3v) is 8.85. The number of aryl methyl sites for hydroxylation is 1. The molecular formula is C34H37N3O5S. The van der Waals surface area contributed by atoms with Crippen LogP contribution in [0.5, 0.6) is 5.75 Å². The van der Waals surface area contributed by atoms with Crippen molar-refractivity contribution in [1.82, 2.24) is 10.2 Å². The quantitative estimate of drug-likeness (QED) is 0.234. The molecule has 2 amide bonds. The average molecular weight is 600 g/mol. The van der Waals surface area contributed by atoms with Crippen molar-refractivity contribution in [1.29, 1.82) is 0 Å². The molecule has 0 aliphatic carbocycles. The van der Waals surface area contributed by atoms with Crippen LogP contribution < -0.4 is 14.4 Å². The van der Waals surface area contributed by atoms with Gasteiger partial charge in [-0.15, -0.1) is 0 Å². The Bertz CT molecular complexity index is 1590. The molecule has 0 saturated heterocycles. The normalized spacial score (nSPS) is 11.8. The molecule has 0 aliphatic rings. The smallest absolute Gasteiger partial charge is 0.264 e. The van der Waals surface area contributed by atoms with Crippen molar-refractivity contribution < 1.29 is 22.7 Å². The zero-order valence-corrected chi connectivity index (χ0v) is 25.5. The maximum Gasteiger partial charge on any atom is 0.264 e. The number of ether oxygens (including phenoxy) is 1. The van der Waals surface area contributed by atoms with E-state index in [0.29, 0.717) is 18.0 Å². The molecule has 43 heavy (non-hydrogen) atoms. The van der Waals surface area contributed by atoms with Gasteiger partial charge in [-0.2, -0.15) is 0 Å². The Morgan fingerprint density at radius 3 is 2.00 bits per heavy atom. The predicted molar refractivity (Wildman–Crippen MR) is 168 cm³/mol. The molecular weight excluding hydrogens is 562 g/mol. The number of sulfonamides is 1. The lowest BCUT2D eigenvalue weighted by molar-refractivity contribution is -0.140. The van der Waals surface area contributed by atoms with Crippen LogP contribution in [-0.2, 0) is 32.6 Å². The summed E-state index contributed by atoms with van der Waals surface area (Å²) < 4.78 is 34.3. The highest BCUT2D eigenvalue weighted by Crippen LogP contribution is 2.26. The van der Waals surface area contributed by atoms with Crippen molar-refractivity contribution in [3.63, 3.8) is 0 Å². The van der Waals surface area contributed by atoms with Crippen molar-refractivity contribution in [2.24, 2.45) is 0 Å². The molecule has 0 aliphatic heterocycles. The molecule has 8 nitrogen and oxygen atoms in total. The molecule has 0 saturated carbocycles. The van der Waals surface area contributed by atoms with Gasteiger partial charge in [0.05, 0.1) is 17.7 Å². The van der Waals surface area contributed by atoms with E-state index in [2.05, 4.69) is 5.32 Å². The third-order valence-electron chi connectivity index (χ3n) is 7.07. The second-order valence-electron chi connectivity index (χ2n) is 10.1. The summed E-state index contributed by atoms with van der Waals surface area (Å²) in [7, 11) is -2.67. The second-order valence-corrected chi connectivity index (χ2v) is 12.0. The summed E-state index contributed by atoms with van der Waals surface area (Å²) in [4.78, 5) is 29.4. The topological polar surface area (TPSA) is 96.0 Å². The molecule has 1 N–H and O–H groups in total. The van der Waals surface area contributed by atoms with E-state index in [9.17, 15) is 18.0 Å². The Kier molecular flexibility index (Phi) is 10.6. The van der Waals surface area contributed by atoms with Gasteiger partial charge in [0, 0.05) is 19.5 Å². The number of para-hydroxylation sites is 1. The highest BCUT2D eigenvalue weighted by Gasteiger charge is 2.34. The molecule has 0 radical (unpaired) electrons. The van der Waals surface area contributed by atoms with Crippen LogP contribution >= 0.6 is 0 Å². The largest absolute Gasteiger partial charge is 0.497 e. The fraction of sp³-hybridized carbons (Fsp3) is 0.235. The second kappa shape index (κ2) is 14.5. The number of carbonyl (C=O) groups excluding carboxylic acids is 2. The van der Waals surface area contributed by atoms with E-state index in [1.807, 2.05) is 68.4 Å². The van der Waals surface area contributed by atoms with Crippen LogP contribution in [0.2, 0.25) is 0 Å². The first-order chi connectivity index (χ1) is 20.7. The average Bonchev–Trinajstić information content (AvgIpc) is 3.03. The number of rotatable bonds is 13. The lowest BCUT2D eigenvalue weighted by Crippen LogP contribution is -2.53. The summed E-state index contributed by atoms with van der Waals surface area (Å²) in [6.07, 6.45) is 0.265. The maximum absolute atomic E-state index is 14.3. The number of amides is 2. The van der Waals surface area contributed by atoms with Crippen LogP contribution in [0.1, 0.15) is 23.6 Å². The first-order valence-electron chi connectivity index (χ1n) is 14.1. The Hall–Kier alpha value is -4.63. The zero-order valence-electron chi connectivity index (χ0n) is 24.6. The number of carbonyl (C=O) groups is 2. The Morgan fingerprint density at radius 1 is 0.814 bits per heavy atom. The van der Waals surface area contributed by atoms with Gasteiger partial charge in [-0.1, -0.05) is 78.4 Å². The minimum Gasteiger partial charge on any atom is -0.497 e. The lowest BCUT2D eigenvalue weighted by atomic mass is 10.0. The minimum absolute atomic E-state index is 0.0135. The summed E-state index contributed by atoms with van der Waals surface area (Å²) in [5.41, 5.74) is 3.10. The number of methoxy groups -OCH3 is 1. The minimum atomic E-state index is -4.17. The van der Waals surface area contributed by atoms with Crippen LogP contribution in [0, 0.1) is 6.92 Å². The van der Waals surface area contributed by atoms with Crippen LogP contribution in [0.25, 0.3) is 0 Å². The van der Waals surface area contributed by atoms with E-state index in [0.717, 1.165) is 21.0 Å². The number of anilines is 1. The Morgan fingerprint density at radius 2 is 1.42 bits per heavy atom. The predicted octanol–water partition coefficient (Wildman–Crippen LogP) is 4.98. The fourth-order valence-corrected chi connectivity index (χ4v) is 6.15. The van der Waals surface area contributed by atoms with Crippen molar-refractivity contribution >= 4 is 27.5 Å².